The highest BCUT2D eigenvalue weighted by molar-refractivity contribution is 7.94. The maximum absolute atomic E-state index is 11.7. The second-order valence-corrected chi connectivity index (χ2v) is 11.2. The molecule has 0 aromatic carbocycles. The fourth-order valence-electron chi connectivity index (χ4n) is 1.47. The molecule has 0 aliphatic rings. The van der Waals surface area contributed by atoms with Gasteiger partial charge in [-0.15, -0.1) is 0 Å². The average molecular weight is 347 g/mol. The number of hydrogen-bond donors (Lipinski definition) is 0. The van der Waals surface area contributed by atoms with Crippen molar-refractivity contribution in [2.24, 2.45) is 0 Å². The molecule has 0 fully saturated rings. The smallest absolute Gasteiger partial charge is 0.151 e. The normalized spacial score (nSPS) is 12.9. The van der Waals surface area contributed by atoms with E-state index in [-0.39, 0.29) is 34.5 Å². The Kier molecular flexibility index (Phi) is 9.92. The standard InChI is InChI=1S/C12H26O5S3/c1-3-5-9-19(14,15)11-7-18(13)8-12-20(16,17)10-6-4-2/h3-12H2,1-2H3. The van der Waals surface area contributed by atoms with E-state index in [1.54, 1.807) is 0 Å². The summed E-state index contributed by atoms with van der Waals surface area (Å²) in [6.45, 7) is 3.82. The first-order valence-corrected chi connectivity index (χ1v) is 12.1. The Morgan fingerprint density at radius 3 is 1.35 bits per heavy atom. The highest BCUT2D eigenvalue weighted by Crippen LogP contribution is 2.01. The minimum atomic E-state index is -3.15. The monoisotopic (exact) mass is 346 g/mol. The summed E-state index contributed by atoms with van der Waals surface area (Å²) in [7, 11) is -7.68. The molecule has 0 unspecified atom stereocenters. The van der Waals surface area contributed by atoms with E-state index in [2.05, 4.69) is 0 Å². The van der Waals surface area contributed by atoms with Crippen LogP contribution in [-0.4, -0.2) is 55.6 Å². The van der Waals surface area contributed by atoms with E-state index in [4.69, 9.17) is 0 Å². The molecular formula is C12H26O5S3. The lowest BCUT2D eigenvalue weighted by Crippen LogP contribution is -2.21. The Balaban J connectivity index is 4.07. The molecule has 0 aromatic rings. The summed E-state index contributed by atoms with van der Waals surface area (Å²) in [5, 5.41) is 0. The van der Waals surface area contributed by atoms with Gasteiger partial charge in [0.2, 0.25) is 0 Å². The van der Waals surface area contributed by atoms with Crippen molar-refractivity contribution in [1.29, 1.82) is 0 Å². The molecule has 0 saturated carbocycles. The summed E-state index contributed by atoms with van der Waals surface area (Å²) in [4.78, 5) is 0. The van der Waals surface area contributed by atoms with Crippen LogP contribution in [0.1, 0.15) is 39.5 Å². The molecule has 20 heavy (non-hydrogen) atoms. The molecule has 122 valence electrons. The number of sulfone groups is 2. The van der Waals surface area contributed by atoms with Crippen LogP contribution in [0.5, 0.6) is 0 Å². The van der Waals surface area contributed by atoms with E-state index < -0.39 is 30.5 Å². The van der Waals surface area contributed by atoms with Crippen molar-refractivity contribution in [3.63, 3.8) is 0 Å². The number of hydrogen-bond acceptors (Lipinski definition) is 5. The van der Waals surface area contributed by atoms with E-state index in [1.807, 2.05) is 13.8 Å². The molecule has 0 saturated heterocycles. The van der Waals surface area contributed by atoms with Crippen LogP contribution in [0.25, 0.3) is 0 Å². The van der Waals surface area contributed by atoms with Crippen LogP contribution in [0.2, 0.25) is 0 Å². The molecule has 0 aliphatic heterocycles. The van der Waals surface area contributed by atoms with Gasteiger partial charge in [-0.2, -0.15) is 0 Å². The molecule has 0 heterocycles. The van der Waals surface area contributed by atoms with Gasteiger partial charge in [-0.1, -0.05) is 26.7 Å². The van der Waals surface area contributed by atoms with Crippen LogP contribution in [0.3, 0.4) is 0 Å². The van der Waals surface area contributed by atoms with Gasteiger partial charge in [0.15, 0.2) is 19.7 Å². The second-order valence-electron chi connectivity index (χ2n) is 4.86. The molecule has 0 aliphatic carbocycles. The minimum absolute atomic E-state index is 0.0370. The first kappa shape index (κ1) is 20.1. The van der Waals surface area contributed by atoms with Crippen molar-refractivity contribution in [2.45, 2.75) is 39.5 Å². The van der Waals surface area contributed by atoms with Gasteiger partial charge in [-0.25, -0.2) is 16.8 Å². The number of unbranched alkanes of at least 4 members (excludes halogenated alkanes) is 2. The Labute approximate surface area is 125 Å². The van der Waals surface area contributed by atoms with Gasteiger partial charge in [0.05, 0.1) is 23.0 Å². The summed E-state index contributed by atoms with van der Waals surface area (Å²) in [5.41, 5.74) is 0. The average Bonchev–Trinajstić information content (AvgIpc) is 2.39. The van der Waals surface area contributed by atoms with Crippen molar-refractivity contribution in [1.82, 2.24) is 0 Å². The predicted molar refractivity (Wildman–Crippen MR) is 85.0 cm³/mol. The van der Waals surface area contributed by atoms with Crippen LogP contribution in [-0.2, 0) is 30.5 Å². The Hall–Kier alpha value is 0.0500. The lowest BCUT2D eigenvalue weighted by atomic mass is 10.4. The summed E-state index contributed by atoms with van der Waals surface area (Å²) >= 11 is 0. The van der Waals surface area contributed by atoms with Crippen LogP contribution < -0.4 is 0 Å². The fraction of sp³-hybridized carbons (Fsp3) is 1.00. The van der Waals surface area contributed by atoms with Crippen LogP contribution in [0.4, 0.5) is 0 Å². The highest BCUT2D eigenvalue weighted by atomic mass is 32.2. The molecule has 5 nitrogen and oxygen atoms in total. The van der Waals surface area contributed by atoms with Gasteiger partial charge < -0.3 is 0 Å². The molecule has 0 rings (SSSR count). The zero-order valence-corrected chi connectivity index (χ0v) is 14.8. The van der Waals surface area contributed by atoms with E-state index >= 15 is 0 Å². The maximum atomic E-state index is 11.7. The molecule has 0 amide bonds. The van der Waals surface area contributed by atoms with Gasteiger partial charge in [0.25, 0.3) is 0 Å². The molecule has 0 N–H and O–H groups in total. The van der Waals surface area contributed by atoms with Crippen molar-refractivity contribution in [2.75, 3.05) is 34.5 Å². The molecule has 0 aromatic heterocycles. The highest BCUT2D eigenvalue weighted by Gasteiger charge is 2.15. The predicted octanol–water partition coefficient (Wildman–Crippen LogP) is 1.16. The summed E-state index contributed by atoms with van der Waals surface area (Å²) in [6, 6.07) is 0. The van der Waals surface area contributed by atoms with E-state index in [0.717, 1.165) is 12.8 Å². The van der Waals surface area contributed by atoms with Crippen molar-refractivity contribution < 1.29 is 21.0 Å². The Morgan fingerprint density at radius 1 is 0.700 bits per heavy atom. The quantitative estimate of drug-likeness (QED) is 0.529. The van der Waals surface area contributed by atoms with Gasteiger partial charge in [-0.3, -0.25) is 4.21 Å². The number of rotatable bonds is 12. The lowest BCUT2D eigenvalue weighted by molar-refractivity contribution is 0.593. The van der Waals surface area contributed by atoms with E-state index in [9.17, 15) is 21.0 Å². The molecule has 0 spiro atoms. The van der Waals surface area contributed by atoms with Gasteiger partial charge in [0.1, 0.15) is 0 Å². The topological polar surface area (TPSA) is 85.3 Å². The SMILES string of the molecule is CCCCS(=O)(=O)CCS(=O)CCS(=O)(=O)CCCC. The maximum Gasteiger partial charge on any atom is 0.151 e. The fourth-order valence-corrected chi connectivity index (χ4v) is 7.06. The van der Waals surface area contributed by atoms with Gasteiger partial charge in [-0.05, 0) is 12.8 Å². The lowest BCUT2D eigenvalue weighted by Gasteiger charge is -2.05. The van der Waals surface area contributed by atoms with E-state index in [0.29, 0.717) is 12.8 Å². The van der Waals surface area contributed by atoms with Crippen molar-refractivity contribution >= 4 is 30.5 Å². The van der Waals surface area contributed by atoms with Crippen molar-refractivity contribution in [3.05, 3.63) is 0 Å². The zero-order chi connectivity index (χ0) is 15.6. The third-order valence-corrected chi connectivity index (χ3v) is 8.17. The van der Waals surface area contributed by atoms with Crippen LogP contribution >= 0.6 is 0 Å². The summed E-state index contributed by atoms with van der Waals surface area (Å²) < 4.78 is 58.0. The first-order chi connectivity index (χ1) is 9.22. The van der Waals surface area contributed by atoms with Gasteiger partial charge >= 0.3 is 0 Å². The Morgan fingerprint density at radius 2 is 1.05 bits per heavy atom. The Bertz CT molecular complexity index is 435. The van der Waals surface area contributed by atoms with E-state index in [1.165, 1.54) is 0 Å². The molecular weight excluding hydrogens is 320 g/mol. The summed E-state index contributed by atoms with van der Waals surface area (Å²) in [5.74, 6) is 0.0823. The van der Waals surface area contributed by atoms with Crippen LogP contribution in [0, 0.1) is 0 Å². The zero-order valence-electron chi connectivity index (χ0n) is 12.3. The summed E-state index contributed by atoms with van der Waals surface area (Å²) in [6.07, 6.45) is 2.83. The minimum Gasteiger partial charge on any atom is -0.260 e. The third-order valence-electron chi connectivity index (χ3n) is 2.86. The third kappa shape index (κ3) is 10.8. The molecule has 8 heteroatoms. The second kappa shape index (κ2) is 9.89. The molecule has 0 radical (unpaired) electrons. The van der Waals surface area contributed by atoms with Crippen LogP contribution in [0.15, 0.2) is 0 Å². The van der Waals surface area contributed by atoms with Crippen molar-refractivity contribution in [3.8, 4) is 0 Å². The van der Waals surface area contributed by atoms with Gasteiger partial charge in [0, 0.05) is 22.3 Å². The largest absolute Gasteiger partial charge is 0.260 e. The molecule has 0 bridgehead atoms. The first-order valence-electron chi connectivity index (χ1n) is 6.98. The molecule has 0 atom stereocenters.